The van der Waals surface area contributed by atoms with Crippen LogP contribution >= 0.6 is 0 Å². The summed E-state index contributed by atoms with van der Waals surface area (Å²) in [4.78, 5) is 30.7. The SMILES string of the molecule is Cc1cc(C[N+](C)(C)C2CCC(NC(=O)N3C(=O)N(c4cccc(C(F)(F)F)c4)C(C)C3c3ccnn3-c3ccc(C#N)cc3)CC2)n(C)n1. The van der Waals surface area contributed by atoms with Gasteiger partial charge in [0.25, 0.3) is 0 Å². The smallest absolute Gasteiger partial charge is 0.335 e. The average molecular weight is 689 g/mol. The molecule has 1 aliphatic carbocycles. The second-order valence-electron chi connectivity index (χ2n) is 13.9. The van der Waals surface area contributed by atoms with Crippen LogP contribution < -0.4 is 10.2 Å². The number of benzene rings is 2. The maximum atomic E-state index is 14.2. The number of halogens is 3. The lowest BCUT2D eigenvalue weighted by Crippen LogP contribution is -2.53. The molecule has 1 saturated carbocycles. The third kappa shape index (κ3) is 6.69. The molecule has 14 heteroatoms. The van der Waals surface area contributed by atoms with Crippen molar-refractivity contribution in [1.82, 2.24) is 29.8 Å². The zero-order chi connectivity index (χ0) is 36.0. The molecule has 2 aromatic carbocycles. The predicted molar refractivity (Wildman–Crippen MR) is 180 cm³/mol. The average Bonchev–Trinajstić information content (AvgIpc) is 3.75. The lowest BCUT2D eigenvalue weighted by atomic mass is 9.89. The molecular weight excluding hydrogens is 647 g/mol. The van der Waals surface area contributed by atoms with Crippen LogP contribution in [-0.2, 0) is 19.8 Å². The Hall–Kier alpha value is -5.16. The summed E-state index contributed by atoms with van der Waals surface area (Å²) >= 11 is 0. The van der Waals surface area contributed by atoms with Crippen LogP contribution in [0.1, 0.15) is 66.9 Å². The Labute approximate surface area is 289 Å². The highest BCUT2D eigenvalue weighted by Gasteiger charge is 2.50. The van der Waals surface area contributed by atoms with E-state index in [0.717, 1.165) is 52.3 Å². The fourth-order valence-corrected chi connectivity index (χ4v) is 7.49. The summed E-state index contributed by atoms with van der Waals surface area (Å²) in [7, 11) is 6.37. The molecule has 6 rings (SSSR count). The number of alkyl halides is 3. The molecule has 2 atom stereocenters. The number of aromatic nitrogens is 4. The first kappa shape index (κ1) is 34.7. The van der Waals surface area contributed by atoms with Crippen LogP contribution in [0.25, 0.3) is 5.69 Å². The minimum atomic E-state index is -4.62. The van der Waals surface area contributed by atoms with Crippen LogP contribution in [0.2, 0.25) is 0 Å². The van der Waals surface area contributed by atoms with Crippen molar-refractivity contribution in [3.8, 4) is 11.8 Å². The van der Waals surface area contributed by atoms with E-state index in [0.29, 0.717) is 35.8 Å². The number of carbonyl (C=O) groups is 2. The van der Waals surface area contributed by atoms with E-state index in [4.69, 9.17) is 0 Å². The van der Waals surface area contributed by atoms with Crippen LogP contribution in [0.4, 0.5) is 28.4 Å². The van der Waals surface area contributed by atoms with Gasteiger partial charge in [-0.2, -0.15) is 28.6 Å². The van der Waals surface area contributed by atoms with Crippen molar-refractivity contribution in [3.05, 3.63) is 95.1 Å². The van der Waals surface area contributed by atoms with Crippen LogP contribution in [-0.4, -0.2) is 73.2 Å². The maximum Gasteiger partial charge on any atom is 0.416 e. The van der Waals surface area contributed by atoms with Crippen molar-refractivity contribution in [3.63, 3.8) is 0 Å². The van der Waals surface area contributed by atoms with E-state index in [2.05, 4.69) is 41.7 Å². The van der Waals surface area contributed by atoms with Crippen molar-refractivity contribution in [2.75, 3.05) is 19.0 Å². The normalized spacial score (nSPS) is 21.4. The van der Waals surface area contributed by atoms with Gasteiger partial charge in [0.1, 0.15) is 12.6 Å². The quantitative estimate of drug-likeness (QED) is 0.224. The van der Waals surface area contributed by atoms with Gasteiger partial charge in [0.05, 0.1) is 66.1 Å². The van der Waals surface area contributed by atoms with Crippen molar-refractivity contribution in [2.24, 2.45) is 7.05 Å². The first-order valence-electron chi connectivity index (χ1n) is 16.6. The Morgan fingerprint density at radius 3 is 2.36 bits per heavy atom. The maximum absolute atomic E-state index is 14.2. The number of quaternary nitrogens is 1. The minimum Gasteiger partial charge on any atom is -0.335 e. The molecule has 0 bridgehead atoms. The van der Waals surface area contributed by atoms with Gasteiger partial charge in [-0.3, -0.25) is 9.58 Å². The van der Waals surface area contributed by atoms with Crippen LogP contribution in [0, 0.1) is 18.3 Å². The van der Waals surface area contributed by atoms with Crippen molar-refractivity contribution >= 4 is 17.7 Å². The Kier molecular flexibility index (Phi) is 9.21. The van der Waals surface area contributed by atoms with Crippen molar-refractivity contribution in [2.45, 2.75) is 76.4 Å². The summed E-state index contributed by atoms with van der Waals surface area (Å²) < 4.78 is 45.4. The standard InChI is InChI=1S/C36H40F3N9O2/c1-23-19-30(44(3)43-23)22-48(4,5)31-15-11-27(12-16-31)42-34(49)46-33(32-17-18-41-47(32)28-13-9-25(21-40)10-14-28)24(2)45(35(46)50)29-8-6-7-26(20-29)36(37,38)39/h6-10,13-14,17-20,24,27,31,33H,11-12,15-16,22H2,1-5H3/p+1. The van der Waals surface area contributed by atoms with E-state index in [1.54, 1.807) is 48.1 Å². The Balaban J connectivity index is 1.26. The molecule has 0 spiro atoms. The Morgan fingerprint density at radius 1 is 1.04 bits per heavy atom. The Bertz CT molecular complexity index is 1920. The molecule has 1 aliphatic heterocycles. The van der Waals surface area contributed by atoms with Crippen molar-refractivity contribution < 1.29 is 27.2 Å². The van der Waals surface area contributed by atoms with Gasteiger partial charge >= 0.3 is 18.2 Å². The number of nitrogens with one attached hydrogen (secondary N) is 1. The number of carbonyl (C=O) groups excluding carboxylic acids is 2. The monoisotopic (exact) mass is 688 g/mol. The molecule has 1 saturated heterocycles. The molecule has 4 amide bonds. The van der Waals surface area contributed by atoms with Gasteiger partial charge in [-0.1, -0.05) is 6.07 Å². The fraction of sp³-hybridized carbons (Fsp3) is 0.417. The molecule has 3 heterocycles. The molecule has 2 unspecified atom stereocenters. The third-order valence-corrected chi connectivity index (χ3v) is 10.1. The highest BCUT2D eigenvalue weighted by Crippen LogP contribution is 2.41. The predicted octanol–water partition coefficient (Wildman–Crippen LogP) is 6.47. The van der Waals surface area contributed by atoms with E-state index >= 15 is 0 Å². The second kappa shape index (κ2) is 13.3. The largest absolute Gasteiger partial charge is 0.416 e. The number of nitriles is 1. The number of hydrogen-bond donors (Lipinski definition) is 1. The van der Waals surface area contributed by atoms with E-state index in [1.807, 2.05) is 18.7 Å². The van der Waals surface area contributed by atoms with Crippen LogP contribution in [0.15, 0.2) is 66.9 Å². The van der Waals surface area contributed by atoms with E-state index in [1.165, 1.54) is 17.0 Å². The van der Waals surface area contributed by atoms with Gasteiger partial charge < -0.3 is 9.80 Å². The highest BCUT2D eigenvalue weighted by atomic mass is 19.4. The topological polar surface area (TPSA) is 112 Å². The van der Waals surface area contributed by atoms with Gasteiger partial charge in [0.2, 0.25) is 0 Å². The van der Waals surface area contributed by atoms with Gasteiger partial charge in [-0.15, -0.1) is 0 Å². The van der Waals surface area contributed by atoms with Gasteiger partial charge in [-0.25, -0.2) is 19.2 Å². The molecule has 4 aromatic rings. The molecular formula is C36H41F3N9O2+. The number of aryl methyl sites for hydroxylation is 2. The lowest BCUT2D eigenvalue weighted by molar-refractivity contribution is -0.929. The number of nitrogens with zero attached hydrogens (tertiary/aromatic N) is 8. The van der Waals surface area contributed by atoms with E-state index in [-0.39, 0.29) is 11.7 Å². The molecule has 262 valence electrons. The summed E-state index contributed by atoms with van der Waals surface area (Å²) in [6, 6.07) is 14.3. The number of amides is 4. The minimum absolute atomic E-state index is 0.0335. The molecule has 2 aromatic heterocycles. The molecule has 1 N–H and O–H groups in total. The number of imide groups is 1. The summed E-state index contributed by atoms with van der Waals surface area (Å²) in [5, 5.41) is 21.3. The number of anilines is 1. The Morgan fingerprint density at radius 2 is 1.74 bits per heavy atom. The molecule has 2 fully saturated rings. The zero-order valence-electron chi connectivity index (χ0n) is 28.7. The van der Waals surface area contributed by atoms with Crippen LogP contribution in [0.3, 0.4) is 0 Å². The zero-order valence-corrected chi connectivity index (χ0v) is 28.7. The second-order valence-corrected chi connectivity index (χ2v) is 13.9. The molecule has 11 nitrogen and oxygen atoms in total. The van der Waals surface area contributed by atoms with Crippen molar-refractivity contribution in [1.29, 1.82) is 5.26 Å². The van der Waals surface area contributed by atoms with Gasteiger partial charge in [0, 0.05) is 37.8 Å². The first-order valence-corrected chi connectivity index (χ1v) is 16.6. The number of urea groups is 2. The summed E-state index contributed by atoms with van der Waals surface area (Å²) in [6.45, 7) is 4.51. The first-order chi connectivity index (χ1) is 23.7. The lowest BCUT2D eigenvalue weighted by Gasteiger charge is -2.42. The van der Waals surface area contributed by atoms with Crippen LogP contribution in [0.5, 0.6) is 0 Å². The van der Waals surface area contributed by atoms with E-state index in [9.17, 15) is 28.0 Å². The van der Waals surface area contributed by atoms with Gasteiger partial charge in [0.15, 0.2) is 0 Å². The summed E-state index contributed by atoms with van der Waals surface area (Å²) in [6.07, 6.45) is 0.0860. The number of rotatable bonds is 7. The summed E-state index contributed by atoms with van der Waals surface area (Å²) in [5.74, 6) is 0. The third-order valence-electron chi connectivity index (χ3n) is 10.1. The molecule has 50 heavy (non-hydrogen) atoms. The summed E-state index contributed by atoms with van der Waals surface area (Å²) in [5.41, 5.74) is 2.81. The highest BCUT2D eigenvalue weighted by molar-refractivity contribution is 6.05. The molecule has 2 aliphatic rings. The van der Waals surface area contributed by atoms with E-state index < -0.39 is 35.9 Å². The molecule has 0 radical (unpaired) electrons. The fourth-order valence-electron chi connectivity index (χ4n) is 7.49. The number of hydrogen-bond acceptors (Lipinski definition) is 5. The van der Waals surface area contributed by atoms with Gasteiger partial charge in [-0.05, 0) is 81.3 Å².